The zero-order valence-electron chi connectivity index (χ0n) is 35.2. The van der Waals surface area contributed by atoms with Gasteiger partial charge in [0.05, 0.1) is 41.2 Å². The maximum atomic E-state index is 16.9. The molecule has 324 valence electrons. The number of alkyl halides is 2. The van der Waals surface area contributed by atoms with Crippen LogP contribution in [0.4, 0.5) is 13.6 Å². The molecule has 0 radical (unpaired) electrons. The summed E-state index contributed by atoms with van der Waals surface area (Å²) in [5.74, 6) is -5.99. The van der Waals surface area contributed by atoms with Gasteiger partial charge in [0, 0.05) is 50.5 Å². The van der Waals surface area contributed by atoms with Crippen molar-refractivity contribution >= 4 is 34.7 Å². The van der Waals surface area contributed by atoms with E-state index in [1.807, 2.05) is 28.8 Å². The number of hydrogen-bond donors (Lipinski definition) is 2. The fourth-order valence-corrected chi connectivity index (χ4v) is 9.42. The Labute approximate surface area is 339 Å². The van der Waals surface area contributed by atoms with Gasteiger partial charge in [0.25, 0.3) is 5.67 Å². The molecule has 0 spiro atoms. The molecule has 1 unspecified atom stereocenters. The second-order valence-electron chi connectivity index (χ2n) is 16.9. The largest absolute Gasteiger partial charge is 0.455 e. The number of hydrogen-bond acceptors (Lipinski definition) is 12. The number of aliphatic hydroxyl groups is 1. The smallest absolute Gasteiger partial charge is 0.410 e. The summed E-state index contributed by atoms with van der Waals surface area (Å²) in [6, 6.07) is 6.21. The summed E-state index contributed by atoms with van der Waals surface area (Å²) >= 11 is 0. The minimum absolute atomic E-state index is 0.0226. The van der Waals surface area contributed by atoms with Crippen LogP contribution in [0.5, 0.6) is 0 Å². The highest BCUT2D eigenvalue weighted by molar-refractivity contribution is 6.08. The summed E-state index contributed by atoms with van der Waals surface area (Å²) in [6.45, 7) is 12.4. The van der Waals surface area contributed by atoms with Gasteiger partial charge in [-0.2, -0.15) is 0 Å². The van der Waals surface area contributed by atoms with E-state index >= 15 is 4.39 Å². The standard InChI is InChI=1S/C42H62F2N4O10/c1-10-31-42(8)34(48(39(53)58-42)20-14-13-19-47-23-46-28-15-11-12-16-30(28)47)26(4)32(49)24(2)22-40(6,54-9)36(27(5)35(51)41(7,44)38(52)56-31)57-37-33(50)29(45-18-17-43)21-25(3)55-37/h11-12,15-16,23-27,29,31,33-34,36-37,45,50H,10,13-14,17-22H2,1-9H3/t24-,25-,26+,27-,29+,31-,33+,34?,36-,37+,40-,41+,42-/m1/s1. The average Bonchev–Trinajstić information content (AvgIpc) is 3.72. The SMILES string of the molecule is CC[C@H]1OC(=O)[C@@](C)(F)C(=O)[C@@H](C)[C@@H](O[C@@H]2O[C@H](C)C[C@H](NCCF)[C@@H]2O)[C@](C)(OC)C[C@@H](C)C(=O)[C@H](C)C2N(CCCCn3cnc4ccccc43)C(=O)O[C@@]21C. The molecule has 1 aromatic heterocycles. The van der Waals surface area contributed by atoms with Crippen molar-refractivity contribution in [3.63, 3.8) is 0 Å². The molecule has 0 saturated carbocycles. The van der Waals surface area contributed by atoms with Crippen LogP contribution in [0.3, 0.4) is 0 Å². The highest BCUT2D eigenvalue weighted by atomic mass is 19.1. The third kappa shape index (κ3) is 8.96. The van der Waals surface area contributed by atoms with Gasteiger partial charge in [0.15, 0.2) is 17.7 Å². The topological polar surface area (TPSA) is 168 Å². The number of ketones is 2. The van der Waals surface area contributed by atoms with E-state index in [-0.39, 0.29) is 31.7 Å². The average molecular weight is 821 g/mol. The van der Waals surface area contributed by atoms with E-state index in [0.29, 0.717) is 25.8 Å². The number of carbonyl (C=O) groups excluding carboxylic acids is 4. The summed E-state index contributed by atoms with van der Waals surface area (Å²) in [7, 11) is 1.37. The van der Waals surface area contributed by atoms with E-state index in [1.165, 1.54) is 18.9 Å². The number of para-hydroxylation sites is 2. The van der Waals surface area contributed by atoms with Gasteiger partial charge in [-0.15, -0.1) is 0 Å². The first-order chi connectivity index (χ1) is 27.3. The van der Waals surface area contributed by atoms with Crippen molar-refractivity contribution in [3.8, 4) is 0 Å². The lowest BCUT2D eigenvalue weighted by molar-refractivity contribution is -0.290. The van der Waals surface area contributed by atoms with Crippen molar-refractivity contribution in [2.24, 2.45) is 17.8 Å². The molecule has 3 saturated heterocycles. The molecule has 13 atom stereocenters. The van der Waals surface area contributed by atoms with Crippen LogP contribution in [-0.2, 0) is 44.6 Å². The van der Waals surface area contributed by atoms with Gasteiger partial charge in [0.2, 0.25) is 0 Å². The number of rotatable bonds is 12. The Bertz CT molecular complexity index is 1780. The van der Waals surface area contributed by atoms with Crippen molar-refractivity contribution < 1.29 is 56.7 Å². The maximum Gasteiger partial charge on any atom is 0.410 e. The van der Waals surface area contributed by atoms with Crippen LogP contribution in [0, 0.1) is 17.8 Å². The normalized spacial score (nSPS) is 38.0. The summed E-state index contributed by atoms with van der Waals surface area (Å²) in [5, 5.41) is 14.3. The van der Waals surface area contributed by atoms with Gasteiger partial charge in [-0.05, 0) is 71.9 Å². The van der Waals surface area contributed by atoms with Crippen LogP contribution in [0.15, 0.2) is 30.6 Å². The van der Waals surface area contributed by atoms with E-state index in [0.717, 1.165) is 18.0 Å². The summed E-state index contributed by atoms with van der Waals surface area (Å²) in [6.07, 6.45) is -3.13. The monoisotopic (exact) mass is 820 g/mol. The highest BCUT2D eigenvalue weighted by Crippen LogP contribution is 2.43. The molecular weight excluding hydrogens is 758 g/mol. The molecule has 16 heteroatoms. The van der Waals surface area contributed by atoms with Crippen LogP contribution in [0.1, 0.15) is 87.5 Å². The van der Waals surface area contributed by atoms with Crippen LogP contribution in [0.25, 0.3) is 11.0 Å². The predicted octanol–water partition coefficient (Wildman–Crippen LogP) is 5.11. The van der Waals surface area contributed by atoms with Crippen molar-refractivity contribution in [2.75, 3.05) is 26.9 Å². The molecule has 3 fully saturated rings. The van der Waals surface area contributed by atoms with Crippen molar-refractivity contribution in [3.05, 3.63) is 30.6 Å². The minimum atomic E-state index is -3.21. The van der Waals surface area contributed by atoms with Gasteiger partial charge in [-0.25, -0.2) is 23.4 Å². The number of halogens is 2. The third-order valence-corrected chi connectivity index (χ3v) is 12.6. The molecule has 1 amide bonds. The number of esters is 1. The molecule has 4 heterocycles. The van der Waals surface area contributed by atoms with Gasteiger partial charge < -0.3 is 43.6 Å². The lowest BCUT2D eigenvalue weighted by Gasteiger charge is -2.46. The van der Waals surface area contributed by atoms with Crippen molar-refractivity contribution in [1.82, 2.24) is 19.8 Å². The first-order valence-electron chi connectivity index (χ1n) is 20.6. The van der Waals surface area contributed by atoms with Crippen LogP contribution in [0.2, 0.25) is 0 Å². The van der Waals surface area contributed by atoms with Gasteiger partial charge >= 0.3 is 12.1 Å². The molecule has 58 heavy (non-hydrogen) atoms. The number of ether oxygens (including phenoxy) is 5. The first-order valence-corrected chi connectivity index (χ1v) is 20.6. The van der Waals surface area contributed by atoms with E-state index in [2.05, 4.69) is 10.3 Å². The molecule has 0 aliphatic carbocycles. The highest BCUT2D eigenvalue weighted by Gasteiger charge is 2.61. The fraction of sp³-hybridized carbons (Fsp3) is 0.738. The van der Waals surface area contributed by atoms with Crippen molar-refractivity contribution in [1.29, 1.82) is 0 Å². The van der Waals surface area contributed by atoms with Gasteiger partial charge in [-0.3, -0.25) is 9.59 Å². The van der Waals surface area contributed by atoms with Crippen LogP contribution < -0.4 is 5.32 Å². The number of fused-ring (bicyclic) bond motifs is 2. The number of benzene rings is 1. The number of Topliss-reactive ketones (excluding diaryl/α,β-unsaturated/α-hetero) is 2. The number of imidazole rings is 1. The molecule has 0 bridgehead atoms. The Kier molecular flexibility index (Phi) is 14.4. The Balaban J connectivity index is 1.48. The number of unbranched alkanes of at least 4 members (excludes halogenated alkanes) is 1. The van der Waals surface area contributed by atoms with E-state index in [1.54, 1.807) is 47.9 Å². The third-order valence-electron chi connectivity index (χ3n) is 12.6. The van der Waals surface area contributed by atoms with Gasteiger partial charge in [-0.1, -0.05) is 39.8 Å². The number of cyclic esters (lactones) is 1. The zero-order chi connectivity index (χ0) is 42.7. The van der Waals surface area contributed by atoms with E-state index < -0.39 is 102 Å². The predicted molar refractivity (Wildman–Crippen MR) is 209 cm³/mol. The molecule has 3 aliphatic heterocycles. The summed E-state index contributed by atoms with van der Waals surface area (Å²) in [4.78, 5) is 62.6. The van der Waals surface area contributed by atoms with E-state index in [9.17, 15) is 28.7 Å². The number of aryl methyl sites for hydroxylation is 1. The summed E-state index contributed by atoms with van der Waals surface area (Å²) < 4.78 is 62.3. The number of aromatic nitrogens is 2. The second kappa shape index (κ2) is 18.4. The maximum absolute atomic E-state index is 16.9. The Morgan fingerprint density at radius 2 is 1.72 bits per heavy atom. The number of nitrogens with one attached hydrogen (secondary N) is 1. The quantitative estimate of drug-likeness (QED) is 0.165. The number of carbonyl (C=O) groups is 4. The fourth-order valence-electron chi connectivity index (χ4n) is 9.42. The number of methoxy groups -OCH3 is 1. The number of amides is 1. The summed E-state index contributed by atoms with van der Waals surface area (Å²) in [5.41, 5.74) is -4.46. The van der Waals surface area contributed by atoms with Crippen LogP contribution >= 0.6 is 0 Å². The molecule has 3 aliphatic rings. The zero-order valence-corrected chi connectivity index (χ0v) is 35.2. The molecule has 2 aromatic rings. The van der Waals surface area contributed by atoms with Crippen molar-refractivity contribution in [2.45, 2.75) is 154 Å². The first kappa shape index (κ1) is 45.5. The number of nitrogens with zero attached hydrogens (tertiary/aromatic N) is 3. The molecular formula is C42H62F2N4O10. The Hall–Kier alpha value is -3.57. The van der Waals surface area contributed by atoms with Crippen LogP contribution in [-0.4, -0.2) is 130 Å². The second-order valence-corrected chi connectivity index (χ2v) is 16.9. The lowest BCUT2D eigenvalue weighted by atomic mass is 9.73. The van der Waals surface area contributed by atoms with E-state index in [4.69, 9.17) is 23.7 Å². The van der Waals surface area contributed by atoms with Gasteiger partial charge in [0.1, 0.15) is 24.7 Å². The molecule has 5 rings (SSSR count). The molecule has 1 aromatic carbocycles. The minimum Gasteiger partial charge on any atom is -0.455 e. The Morgan fingerprint density at radius 1 is 1.03 bits per heavy atom. The molecule has 14 nitrogen and oxygen atoms in total. The number of aliphatic hydroxyl groups excluding tert-OH is 1. The Morgan fingerprint density at radius 3 is 2.40 bits per heavy atom. The lowest BCUT2D eigenvalue weighted by Crippen LogP contribution is -2.62. The molecule has 2 N–H and O–H groups in total.